The lowest BCUT2D eigenvalue weighted by atomic mass is 10.1. The number of hydrogen-bond acceptors (Lipinski definition) is 4. The number of benzene rings is 1. The maximum absolute atomic E-state index is 12.0. The number of halogens is 1. The highest BCUT2D eigenvalue weighted by Gasteiger charge is 2.27. The van der Waals surface area contributed by atoms with Crippen molar-refractivity contribution in [3.8, 4) is 0 Å². The molecule has 0 amide bonds. The summed E-state index contributed by atoms with van der Waals surface area (Å²) in [4.78, 5) is 0. The Morgan fingerprint density at radius 3 is 2.74 bits per heavy atom. The number of anilines is 1. The number of thiophene rings is 1. The van der Waals surface area contributed by atoms with Crippen molar-refractivity contribution in [3.05, 3.63) is 46.3 Å². The van der Waals surface area contributed by atoms with Gasteiger partial charge in [-0.05, 0) is 11.6 Å². The largest absolute Gasteiger partial charge is 0.341 e. The Morgan fingerprint density at radius 1 is 1.26 bits per heavy atom. The van der Waals surface area contributed by atoms with Crippen LogP contribution in [0.15, 0.2) is 45.0 Å². The summed E-state index contributed by atoms with van der Waals surface area (Å²) in [6.45, 7) is 0. The third-order valence-corrected chi connectivity index (χ3v) is 5.72. The second kappa shape index (κ2) is 4.63. The molecule has 0 saturated carbocycles. The molecule has 0 spiro atoms. The number of nitrogens with zero attached hydrogens (tertiary/aromatic N) is 1. The van der Waals surface area contributed by atoms with Crippen molar-refractivity contribution < 1.29 is 8.42 Å². The van der Waals surface area contributed by atoms with Crippen LogP contribution < -0.4 is 5.32 Å². The van der Waals surface area contributed by atoms with Gasteiger partial charge < -0.3 is 5.32 Å². The van der Waals surface area contributed by atoms with E-state index in [-0.39, 0.29) is 4.21 Å². The summed E-state index contributed by atoms with van der Waals surface area (Å²) in [5, 5.41) is 3.02. The summed E-state index contributed by atoms with van der Waals surface area (Å²) in [6.07, 6.45) is 0.437. The zero-order chi connectivity index (χ0) is 13.5. The minimum atomic E-state index is -3.63. The quantitative estimate of drug-likeness (QED) is 0.926. The number of amidine groups is 1. The van der Waals surface area contributed by atoms with Crippen molar-refractivity contribution in [1.82, 2.24) is 0 Å². The van der Waals surface area contributed by atoms with Gasteiger partial charge in [0, 0.05) is 6.42 Å². The average Bonchev–Trinajstić information content (AvgIpc) is 2.71. The third-order valence-electron chi connectivity index (χ3n) is 2.63. The summed E-state index contributed by atoms with van der Waals surface area (Å²) in [5.74, 6) is 0.410. The van der Waals surface area contributed by atoms with Crippen molar-refractivity contribution in [2.45, 2.75) is 10.6 Å². The number of fused-ring (bicyclic) bond motifs is 1. The second-order valence-electron chi connectivity index (χ2n) is 4.05. The van der Waals surface area contributed by atoms with E-state index < -0.39 is 10.0 Å². The average molecular weight is 313 g/mol. The highest BCUT2D eigenvalue weighted by molar-refractivity contribution is 7.92. The van der Waals surface area contributed by atoms with E-state index in [1.807, 2.05) is 30.3 Å². The standard InChI is InChI=1S/C12H9ClN2O2S2/c13-10-7-9-12(18-10)19(16,17)15-11(14-9)6-8-4-2-1-3-5-8/h1-5,7H,6H2,(H,14,15). The zero-order valence-electron chi connectivity index (χ0n) is 9.63. The Labute approximate surface area is 119 Å². The molecule has 19 heavy (non-hydrogen) atoms. The normalized spacial score (nSPS) is 16.4. The van der Waals surface area contributed by atoms with E-state index in [2.05, 4.69) is 9.71 Å². The SMILES string of the molecule is O=S1(=O)N=C(Cc2ccccc2)Nc2cc(Cl)sc21. The Hall–Kier alpha value is -1.37. The lowest BCUT2D eigenvalue weighted by Gasteiger charge is -2.14. The number of sulfonamides is 1. The minimum absolute atomic E-state index is 0.175. The molecule has 1 aliphatic heterocycles. The molecule has 1 N–H and O–H groups in total. The first kappa shape index (κ1) is 12.7. The molecule has 0 radical (unpaired) electrons. The summed E-state index contributed by atoms with van der Waals surface area (Å²) >= 11 is 6.86. The van der Waals surface area contributed by atoms with Gasteiger partial charge in [-0.1, -0.05) is 41.9 Å². The Kier molecular flexibility index (Phi) is 3.08. The summed E-state index contributed by atoms with van der Waals surface area (Å²) in [6, 6.07) is 11.2. The maximum atomic E-state index is 12.0. The molecule has 0 unspecified atom stereocenters. The van der Waals surface area contributed by atoms with E-state index in [0.29, 0.717) is 22.3 Å². The molecule has 0 fully saturated rings. The van der Waals surface area contributed by atoms with Crippen molar-refractivity contribution >= 4 is 44.5 Å². The fourth-order valence-corrected chi connectivity index (χ4v) is 4.58. The van der Waals surface area contributed by atoms with E-state index in [1.54, 1.807) is 6.07 Å². The minimum Gasteiger partial charge on any atom is -0.341 e. The van der Waals surface area contributed by atoms with Crippen LogP contribution in [0.25, 0.3) is 0 Å². The Balaban J connectivity index is 1.96. The molecule has 0 atom stereocenters. The van der Waals surface area contributed by atoms with Crippen LogP contribution in [0, 0.1) is 0 Å². The molecule has 1 aromatic heterocycles. The first-order valence-electron chi connectivity index (χ1n) is 5.49. The first-order chi connectivity index (χ1) is 9.04. The van der Waals surface area contributed by atoms with Gasteiger partial charge in [-0.15, -0.1) is 15.7 Å². The predicted octanol–water partition coefficient (Wildman–Crippen LogP) is 3.16. The lowest BCUT2D eigenvalue weighted by Crippen LogP contribution is -2.22. The van der Waals surface area contributed by atoms with Gasteiger partial charge in [-0.25, -0.2) is 0 Å². The van der Waals surface area contributed by atoms with Gasteiger partial charge >= 0.3 is 0 Å². The molecule has 1 aliphatic rings. The molecule has 2 heterocycles. The van der Waals surface area contributed by atoms with Crippen LogP contribution in [0.2, 0.25) is 4.34 Å². The molecule has 4 nitrogen and oxygen atoms in total. The van der Waals surface area contributed by atoms with Crippen molar-refractivity contribution in [1.29, 1.82) is 0 Å². The van der Waals surface area contributed by atoms with E-state index >= 15 is 0 Å². The first-order valence-corrected chi connectivity index (χ1v) is 8.12. The lowest BCUT2D eigenvalue weighted by molar-refractivity contribution is 0.599. The predicted molar refractivity (Wildman–Crippen MR) is 77.7 cm³/mol. The van der Waals surface area contributed by atoms with Gasteiger partial charge in [-0.3, -0.25) is 0 Å². The van der Waals surface area contributed by atoms with E-state index in [1.165, 1.54) is 0 Å². The molecular weight excluding hydrogens is 304 g/mol. The van der Waals surface area contributed by atoms with Crippen molar-refractivity contribution in [2.24, 2.45) is 4.40 Å². The smallest absolute Gasteiger partial charge is 0.295 e. The van der Waals surface area contributed by atoms with E-state index in [9.17, 15) is 8.42 Å². The van der Waals surface area contributed by atoms with Gasteiger partial charge in [0.15, 0.2) is 4.21 Å². The molecule has 0 aliphatic carbocycles. The maximum Gasteiger partial charge on any atom is 0.295 e. The second-order valence-corrected chi connectivity index (χ2v) is 7.53. The molecule has 1 aromatic carbocycles. The van der Waals surface area contributed by atoms with Crippen LogP contribution in [-0.4, -0.2) is 14.3 Å². The fraction of sp³-hybridized carbons (Fsp3) is 0.0833. The van der Waals surface area contributed by atoms with Crippen LogP contribution in [0.3, 0.4) is 0 Å². The van der Waals surface area contributed by atoms with Gasteiger partial charge in [0.1, 0.15) is 5.84 Å². The summed E-state index contributed by atoms with van der Waals surface area (Å²) in [5.41, 5.74) is 1.50. The number of rotatable bonds is 2. The van der Waals surface area contributed by atoms with Crippen molar-refractivity contribution in [3.63, 3.8) is 0 Å². The molecule has 0 saturated heterocycles. The van der Waals surface area contributed by atoms with E-state index in [0.717, 1.165) is 16.9 Å². The number of hydrogen-bond donors (Lipinski definition) is 1. The molecular formula is C12H9ClN2O2S2. The fourth-order valence-electron chi connectivity index (χ4n) is 1.85. The highest BCUT2D eigenvalue weighted by Crippen LogP contribution is 2.38. The van der Waals surface area contributed by atoms with Crippen LogP contribution in [0.4, 0.5) is 5.69 Å². The van der Waals surface area contributed by atoms with Crippen LogP contribution in [0.1, 0.15) is 5.56 Å². The Morgan fingerprint density at radius 2 is 2.00 bits per heavy atom. The monoisotopic (exact) mass is 312 g/mol. The van der Waals surface area contributed by atoms with E-state index in [4.69, 9.17) is 11.6 Å². The van der Waals surface area contributed by atoms with Gasteiger partial charge in [-0.2, -0.15) is 8.42 Å². The summed E-state index contributed by atoms with van der Waals surface area (Å²) < 4.78 is 28.4. The molecule has 7 heteroatoms. The van der Waals surface area contributed by atoms with Crippen molar-refractivity contribution in [2.75, 3.05) is 5.32 Å². The topological polar surface area (TPSA) is 58.5 Å². The highest BCUT2D eigenvalue weighted by atomic mass is 35.5. The molecule has 98 valence electrons. The van der Waals surface area contributed by atoms with Gasteiger partial charge in [0.05, 0.1) is 10.0 Å². The van der Waals surface area contributed by atoms with Crippen LogP contribution in [-0.2, 0) is 16.4 Å². The third kappa shape index (κ3) is 2.51. The number of nitrogens with one attached hydrogen (secondary N) is 1. The summed E-state index contributed by atoms with van der Waals surface area (Å²) in [7, 11) is -3.63. The molecule has 2 aromatic rings. The zero-order valence-corrected chi connectivity index (χ0v) is 12.0. The molecule has 0 bridgehead atoms. The van der Waals surface area contributed by atoms with Gasteiger partial charge in [0.2, 0.25) is 0 Å². The van der Waals surface area contributed by atoms with Crippen LogP contribution in [0.5, 0.6) is 0 Å². The van der Waals surface area contributed by atoms with Gasteiger partial charge in [0.25, 0.3) is 10.0 Å². The van der Waals surface area contributed by atoms with Crippen LogP contribution >= 0.6 is 22.9 Å². The molecule has 3 rings (SSSR count). The Bertz CT molecular complexity index is 751.